The summed E-state index contributed by atoms with van der Waals surface area (Å²) in [6.45, 7) is 0.469. The van der Waals surface area contributed by atoms with Crippen molar-refractivity contribution in [2.75, 3.05) is 20.0 Å². The van der Waals surface area contributed by atoms with Gasteiger partial charge >= 0.3 is 0 Å². The number of thioether (sulfide) groups is 1. The van der Waals surface area contributed by atoms with Crippen LogP contribution < -0.4 is 19.6 Å². The molecule has 1 N–H and O–H groups in total. The Bertz CT molecular complexity index is 1640. The lowest BCUT2D eigenvalue weighted by atomic mass is 10.2. The smallest absolute Gasteiger partial charge is 0.250 e. The number of nitrogens with zero attached hydrogens (tertiary/aromatic N) is 4. The van der Waals surface area contributed by atoms with Crippen LogP contribution in [0.4, 0.5) is 0 Å². The van der Waals surface area contributed by atoms with E-state index in [1.165, 1.54) is 11.8 Å². The third-order valence-corrected chi connectivity index (χ3v) is 7.08. The SMILES string of the molecule is COc1ccc(-c2nnc(SCC(=O)NN=Cc3cccc(OCc4ccccc4)c3)n2-c2ccc(OC)cc2)cc1. The van der Waals surface area contributed by atoms with Crippen LogP contribution in [0.5, 0.6) is 17.2 Å². The normalized spacial score (nSPS) is 10.9. The van der Waals surface area contributed by atoms with E-state index >= 15 is 0 Å². The van der Waals surface area contributed by atoms with Crippen LogP contribution >= 0.6 is 11.8 Å². The van der Waals surface area contributed by atoms with E-state index in [4.69, 9.17) is 14.2 Å². The van der Waals surface area contributed by atoms with Crippen LogP contribution in [0, 0.1) is 0 Å². The Morgan fingerprint density at radius 1 is 0.857 bits per heavy atom. The van der Waals surface area contributed by atoms with Crippen molar-refractivity contribution in [1.29, 1.82) is 0 Å². The number of nitrogens with one attached hydrogen (secondary N) is 1. The van der Waals surface area contributed by atoms with Crippen LogP contribution in [0.1, 0.15) is 11.1 Å². The molecule has 10 heteroatoms. The molecular formula is C32H29N5O4S. The Morgan fingerprint density at radius 2 is 1.57 bits per heavy atom. The molecule has 0 unspecified atom stereocenters. The fraction of sp³-hybridized carbons (Fsp3) is 0.125. The third-order valence-electron chi connectivity index (χ3n) is 6.15. The van der Waals surface area contributed by atoms with Gasteiger partial charge in [-0.05, 0) is 71.8 Å². The van der Waals surface area contributed by atoms with Crippen LogP contribution in [-0.4, -0.2) is 46.9 Å². The van der Waals surface area contributed by atoms with Gasteiger partial charge in [0.15, 0.2) is 11.0 Å². The van der Waals surface area contributed by atoms with Crippen LogP contribution in [-0.2, 0) is 11.4 Å². The zero-order valence-corrected chi connectivity index (χ0v) is 24.0. The molecule has 0 spiro atoms. The summed E-state index contributed by atoms with van der Waals surface area (Å²) in [5.41, 5.74) is 6.16. The predicted octanol–water partition coefficient (Wildman–Crippen LogP) is 5.77. The van der Waals surface area contributed by atoms with Crippen molar-refractivity contribution in [2.45, 2.75) is 11.8 Å². The van der Waals surface area contributed by atoms with Crippen molar-refractivity contribution in [1.82, 2.24) is 20.2 Å². The standard InChI is InChI=1S/C32H29N5O4S/c1-39-27-15-11-25(12-16-27)31-35-36-32(37(31)26-13-17-28(40-2)18-14-26)42-22-30(38)34-33-20-24-9-6-10-29(19-24)41-21-23-7-4-3-5-8-23/h3-20H,21-22H2,1-2H3,(H,34,38). The Balaban J connectivity index is 1.24. The summed E-state index contributed by atoms with van der Waals surface area (Å²) in [4.78, 5) is 12.7. The van der Waals surface area contributed by atoms with Crippen LogP contribution in [0.3, 0.4) is 0 Å². The molecule has 42 heavy (non-hydrogen) atoms. The molecule has 0 fully saturated rings. The molecule has 5 aromatic rings. The molecule has 212 valence electrons. The van der Waals surface area contributed by atoms with E-state index < -0.39 is 0 Å². The van der Waals surface area contributed by atoms with E-state index in [2.05, 4.69) is 20.7 Å². The summed E-state index contributed by atoms with van der Waals surface area (Å²) in [6, 6.07) is 32.6. The number of amides is 1. The van der Waals surface area contributed by atoms with Crippen LogP contribution in [0.15, 0.2) is 113 Å². The monoisotopic (exact) mass is 579 g/mol. The maximum absolute atomic E-state index is 12.7. The van der Waals surface area contributed by atoms with E-state index in [1.54, 1.807) is 20.4 Å². The van der Waals surface area contributed by atoms with Gasteiger partial charge in [-0.1, -0.05) is 54.2 Å². The highest BCUT2D eigenvalue weighted by Crippen LogP contribution is 2.29. The minimum absolute atomic E-state index is 0.0917. The van der Waals surface area contributed by atoms with Crippen molar-refractivity contribution in [2.24, 2.45) is 5.10 Å². The number of benzene rings is 4. The minimum Gasteiger partial charge on any atom is -0.497 e. The zero-order chi connectivity index (χ0) is 29.1. The topological polar surface area (TPSA) is 99.9 Å². The summed E-state index contributed by atoms with van der Waals surface area (Å²) in [5.74, 6) is 2.65. The third kappa shape index (κ3) is 7.35. The Morgan fingerprint density at radius 3 is 2.29 bits per heavy atom. The molecule has 1 aromatic heterocycles. The van der Waals surface area contributed by atoms with Gasteiger partial charge in [0.2, 0.25) is 0 Å². The number of hydrogen-bond acceptors (Lipinski definition) is 8. The van der Waals surface area contributed by atoms with E-state index in [0.29, 0.717) is 17.6 Å². The van der Waals surface area contributed by atoms with Crippen molar-refractivity contribution < 1.29 is 19.0 Å². The maximum Gasteiger partial charge on any atom is 0.250 e. The molecule has 0 saturated carbocycles. The van der Waals surface area contributed by atoms with E-state index in [-0.39, 0.29) is 11.7 Å². The van der Waals surface area contributed by atoms with Gasteiger partial charge in [-0.3, -0.25) is 9.36 Å². The highest BCUT2D eigenvalue weighted by atomic mass is 32.2. The van der Waals surface area contributed by atoms with Gasteiger partial charge in [-0.25, -0.2) is 5.43 Å². The quantitative estimate of drug-likeness (QED) is 0.114. The molecule has 5 rings (SSSR count). The van der Waals surface area contributed by atoms with Crippen LogP contribution in [0.25, 0.3) is 17.1 Å². The molecule has 0 aliphatic carbocycles. The van der Waals surface area contributed by atoms with Gasteiger partial charge in [0.1, 0.15) is 23.9 Å². The largest absolute Gasteiger partial charge is 0.497 e. The van der Waals surface area contributed by atoms with Crippen molar-refractivity contribution in [3.8, 4) is 34.3 Å². The highest BCUT2D eigenvalue weighted by molar-refractivity contribution is 7.99. The highest BCUT2D eigenvalue weighted by Gasteiger charge is 2.17. The molecule has 0 radical (unpaired) electrons. The minimum atomic E-state index is -0.275. The lowest BCUT2D eigenvalue weighted by Crippen LogP contribution is -2.20. The fourth-order valence-electron chi connectivity index (χ4n) is 4.02. The van der Waals surface area contributed by atoms with Crippen molar-refractivity contribution in [3.05, 3.63) is 114 Å². The second-order valence-corrected chi connectivity index (χ2v) is 9.94. The Kier molecular flexibility index (Phi) is 9.48. The second kappa shape index (κ2) is 14.0. The first-order valence-electron chi connectivity index (χ1n) is 13.1. The molecule has 1 amide bonds. The van der Waals surface area contributed by atoms with Gasteiger partial charge in [-0.2, -0.15) is 5.10 Å². The second-order valence-electron chi connectivity index (χ2n) is 9.00. The summed E-state index contributed by atoms with van der Waals surface area (Å²) < 4.78 is 18.4. The van der Waals surface area contributed by atoms with Crippen molar-refractivity contribution >= 4 is 23.9 Å². The van der Waals surface area contributed by atoms with Crippen molar-refractivity contribution in [3.63, 3.8) is 0 Å². The van der Waals surface area contributed by atoms with Gasteiger partial charge in [-0.15, -0.1) is 10.2 Å². The number of aromatic nitrogens is 3. The first kappa shape index (κ1) is 28.4. The zero-order valence-electron chi connectivity index (χ0n) is 23.1. The molecule has 1 heterocycles. The van der Waals surface area contributed by atoms with Gasteiger partial charge in [0, 0.05) is 11.3 Å². The molecule has 4 aromatic carbocycles. The summed E-state index contributed by atoms with van der Waals surface area (Å²) in [6.07, 6.45) is 1.58. The molecular weight excluding hydrogens is 550 g/mol. The number of carbonyl (C=O) groups is 1. The lowest BCUT2D eigenvalue weighted by molar-refractivity contribution is -0.118. The number of methoxy groups -OCH3 is 2. The first-order chi connectivity index (χ1) is 20.6. The lowest BCUT2D eigenvalue weighted by Gasteiger charge is -2.11. The summed E-state index contributed by atoms with van der Waals surface area (Å²) in [5, 5.41) is 13.5. The molecule has 0 aliphatic rings. The first-order valence-corrected chi connectivity index (χ1v) is 14.1. The molecule has 0 saturated heterocycles. The molecule has 9 nitrogen and oxygen atoms in total. The molecule has 0 atom stereocenters. The van der Waals surface area contributed by atoms with E-state index in [1.807, 2.05) is 108 Å². The molecule has 0 aliphatic heterocycles. The number of ether oxygens (including phenoxy) is 3. The average molecular weight is 580 g/mol. The number of hydrazone groups is 1. The van der Waals surface area contributed by atoms with Gasteiger partial charge < -0.3 is 14.2 Å². The fourth-order valence-corrected chi connectivity index (χ4v) is 4.77. The van der Waals surface area contributed by atoms with E-state index in [0.717, 1.165) is 39.6 Å². The summed E-state index contributed by atoms with van der Waals surface area (Å²) >= 11 is 1.26. The van der Waals surface area contributed by atoms with Crippen LogP contribution in [0.2, 0.25) is 0 Å². The number of rotatable bonds is 12. The average Bonchev–Trinajstić information content (AvgIpc) is 3.47. The number of carbonyl (C=O) groups excluding carboxylic acids is 1. The van der Waals surface area contributed by atoms with E-state index in [9.17, 15) is 4.79 Å². The van der Waals surface area contributed by atoms with Gasteiger partial charge in [0.05, 0.1) is 26.2 Å². The van der Waals surface area contributed by atoms with Gasteiger partial charge in [0.25, 0.3) is 5.91 Å². The predicted molar refractivity (Wildman–Crippen MR) is 164 cm³/mol. The Labute approximate surface area is 248 Å². The summed E-state index contributed by atoms with van der Waals surface area (Å²) in [7, 11) is 3.24. The Hall–Kier alpha value is -5.09. The maximum atomic E-state index is 12.7. The molecule has 0 bridgehead atoms. The number of hydrogen-bond donors (Lipinski definition) is 1.